The van der Waals surface area contributed by atoms with Gasteiger partial charge in [0.2, 0.25) is 5.91 Å². The van der Waals surface area contributed by atoms with Crippen LogP contribution in [-0.2, 0) is 11.3 Å². The lowest BCUT2D eigenvalue weighted by atomic mass is 10.1. The summed E-state index contributed by atoms with van der Waals surface area (Å²) in [6.45, 7) is 5.70. The van der Waals surface area contributed by atoms with Crippen molar-refractivity contribution in [2.45, 2.75) is 27.3 Å². The molecule has 6 nitrogen and oxygen atoms in total. The maximum atomic E-state index is 14.4. The number of nitrogens with one attached hydrogen (secondary N) is 2. The highest BCUT2D eigenvalue weighted by atomic mass is 19.1. The molecule has 0 aliphatic carbocycles. The number of aromatic nitrogens is 2. The Balaban J connectivity index is 1.53. The first-order chi connectivity index (χ1) is 13.8. The van der Waals surface area contributed by atoms with Crippen molar-refractivity contribution in [3.63, 3.8) is 0 Å². The molecule has 29 heavy (non-hydrogen) atoms. The van der Waals surface area contributed by atoms with Gasteiger partial charge in [0.05, 0.1) is 12.2 Å². The molecule has 0 saturated heterocycles. The number of carbonyl (C=O) groups excluding carboxylic acids is 2. The predicted molar refractivity (Wildman–Crippen MR) is 108 cm³/mol. The molecular weight excluding hydrogens is 371 g/mol. The number of hydrogen-bond acceptors (Lipinski definition) is 3. The van der Waals surface area contributed by atoms with Crippen molar-refractivity contribution in [2.75, 3.05) is 6.54 Å². The third-order valence-electron chi connectivity index (χ3n) is 4.77. The van der Waals surface area contributed by atoms with Gasteiger partial charge in [-0.1, -0.05) is 12.1 Å². The van der Waals surface area contributed by atoms with Crippen LogP contribution >= 0.6 is 0 Å². The Morgan fingerprint density at radius 3 is 2.48 bits per heavy atom. The number of carbonyl (C=O) groups is 2. The molecule has 1 heterocycles. The van der Waals surface area contributed by atoms with Crippen molar-refractivity contribution >= 4 is 11.8 Å². The van der Waals surface area contributed by atoms with Gasteiger partial charge in [-0.05, 0) is 61.7 Å². The summed E-state index contributed by atoms with van der Waals surface area (Å²) in [5, 5.41) is 5.27. The van der Waals surface area contributed by atoms with Crippen molar-refractivity contribution in [3.8, 4) is 5.69 Å². The first kappa shape index (κ1) is 20.3. The van der Waals surface area contributed by atoms with E-state index < -0.39 is 5.82 Å². The Morgan fingerprint density at radius 1 is 1.03 bits per heavy atom. The van der Waals surface area contributed by atoms with E-state index in [1.807, 2.05) is 19.9 Å². The Hall–Kier alpha value is -3.48. The second kappa shape index (κ2) is 8.68. The van der Waals surface area contributed by atoms with E-state index in [9.17, 15) is 14.0 Å². The maximum absolute atomic E-state index is 14.4. The SMILES string of the molecule is Cc1ccc(C(=O)NCC(=O)NCc2ccc(-n3ccnc3C)c(F)c2)cc1C. The molecule has 0 bridgehead atoms. The van der Waals surface area contributed by atoms with Gasteiger partial charge in [-0.25, -0.2) is 9.37 Å². The normalized spacial score (nSPS) is 10.6. The zero-order valence-electron chi connectivity index (χ0n) is 16.6. The zero-order chi connectivity index (χ0) is 21.0. The van der Waals surface area contributed by atoms with E-state index in [0.717, 1.165) is 11.1 Å². The van der Waals surface area contributed by atoms with Crippen LogP contribution in [0, 0.1) is 26.6 Å². The molecule has 2 N–H and O–H groups in total. The summed E-state index contributed by atoms with van der Waals surface area (Å²) in [5.74, 6) is -0.378. The smallest absolute Gasteiger partial charge is 0.251 e. The Morgan fingerprint density at radius 2 is 1.83 bits per heavy atom. The van der Waals surface area contributed by atoms with Crippen LogP contribution < -0.4 is 10.6 Å². The number of amides is 2. The Labute approximate surface area is 168 Å². The van der Waals surface area contributed by atoms with Gasteiger partial charge in [0.15, 0.2) is 0 Å². The fourth-order valence-electron chi connectivity index (χ4n) is 2.90. The monoisotopic (exact) mass is 394 g/mol. The number of rotatable bonds is 6. The van der Waals surface area contributed by atoms with Gasteiger partial charge in [0.25, 0.3) is 5.91 Å². The molecule has 0 aliphatic heterocycles. The third-order valence-corrected chi connectivity index (χ3v) is 4.77. The van der Waals surface area contributed by atoms with Gasteiger partial charge in [-0.15, -0.1) is 0 Å². The van der Waals surface area contributed by atoms with Crippen molar-refractivity contribution in [1.29, 1.82) is 0 Å². The molecule has 0 atom stereocenters. The number of nitrogens with zero attached hydrogens (tertiary/aromatic N) is 2. The van der Waals surface area contributed by atoms with Crippen LogP contribution in [0.1, 0.15) is 32.9 Å². The van der Waals surface area contributed by atoms with Crippen molar-refractivity contribution < 1.29 is 14.0 Å². The van der Waals surface area contributed by atoms with Crippen LogP contribution in [-0.4, -0.2) is 27.9 Å². The van der Waals surface area contributed by atoms with Gasteiger partial charge in [-0.3, -0.25) is 9.59 Å². The lowest BCUT2D eigenvalue weighted by Gasteiger charge is -2.10. The highest BCUT2D eigenvalue weighted by Crippen LogP contribution is 2.16. The second-order valence-electron chi connectivity index (χ2n) is 6.89. The molecule has 0 unspecified atom stereocenters. The maximum Gasteiger partial charge on any atom is 0.251 e. The molecular formula is C22H23FN4O2. The number of aryl methyl sites for hydroxylation is 3. The molecule has 0 radical (unpaired) electrons. The summed E-state index contributed by atoms with van der Waals surface area (Å²) in [7, 11) is 0. The molecule has 2 amide bonds. The average molecular weight is 394 g/mol. The topological polar surface area (TPSA) is 76.0 Å². The lowest BCUT2D eigenvalue weighted by Crippen LogP contribution is -2.36. The highest BCUT2D eigenvalue weighted by molar-refractivity contribution is 5.96. The van der Waals surface area contributed by atoms with Gasteiger partial charge in [0, 0.05) is 24.5 Å². The van der Waals surface area contributed by atoms with Crippen LogP contribution in [0.15, 0.2) is 48.8 Å². The van der Waals surface area contributed by atoms with Crippen molar-refractivity contribution in [3.05, 3.63) is 82.7 Å². The van der Waals surface area contributed by atoms with Gasteiger partial charge in [-0.2, -0.15) is 0 Å². The molecule has 0 fully saturated rings. The average Bonchev–Trinajstić information content (AvgIpc) is 3.12. The first-order valence-corrected chi connectivity index (χ1v) is 9.26. The van der Waals surface area contributed by atoms with Crippen LogP contribution in [0.3, 0.4) is 0 Å². The van der Waals surface area contributed by atoms with E-state index >= 15 is 0 Å². The zero-order valence-corrected chi connectivity index (χ0v) is 16.6. The van der Waals surface area contributed by atoms with Crippen LogP contribution in [0.2, 0.25) is 0 Å². The molecule has 3 rings (SSSR count). The Kier molecular flexibility index (Phi) is 6.07. The fourth-order valence-corrected chi connectivity index (χ4v) is 2.90. The highest BCUT2D eigenvalue weighted by Gasteiger charge is 2.11. The van der Waals surface area contributed by atoms with Crippen molar-refractivity contribution in [1.82, 2.24) is 20.2 Å². The number of benzene rings is 2. The van der Waals surface area contributed by atoms with E-state index in [0.29, 0.717) is 22.6 Å². The predicted octanol–water partition coefficient (Wildman–Crippen LogP) is 2.98. The molecule has 150 valence electrons. The van der Waals surface area contributed by atoms with E-state index in [1.165, 1.54) is 6.07 Å². The summed E-state index contributed by atoms with van der Waals surface area (Å²) < 4.78 is 16.1. The number of halogens is 1. The molecule has 2 aromatic carbocycles. The second-order valence-corrected chi connectivity index (χ2v) is 6.89. The molecule has 3 aromatic rings. The molecule has 0 aliphatic rings. The largest absolute Gasteiger partial charge is 0.350 e. The van der Waals surface area contributed by atoms with Crippen LogP contribution in [0.4, 0.5) is 4.39 Å². The van der Waals surface area contributed by atoms with Gasteiger partial charge in [0.1, 0.15) is 11.6 Å². The summed E-state index contributed by atoms with van der Waals surface area (Å²) in [6, 6.07) is 10.1. The minimum atomic E-state index is -0.402. The quantitative estimate of drug-likeness (QED) is 0.675. The van der Waals surface area contributed by atoms with Crippen LogP contribution in [0.5, 0.6) is 0 Å². The van der Waals surface area contributed by atoms with Crippen molar-refractivity contribution in [2.24, 2.45) is 0 Å². The van der Waals surface area contributed by atoms with Crippen LogP contribution in [0.25, 0.3) is 5.69 Å². The standard InChI is InChI=1S/C22H23FN4O2/c1-14-4-6-18(10-15(14)2)22(29)26-13-21(28)25-12-17-5-7-20(19(23)11-17)27-9-8-24-16(27)3/h4-11H,12-13H2,1-3H3,(H,25,28)(H,26,29). The number of hydrogen-bond donors (Lipinski definition) is 2. The minimum absolute atomic E-state index is 0.152. The molecule has 7 heteroatoms. The summed E-state index contributed by atoms with van der Waals surface area (Å²) in [6.07, 6.45) is 3.29. The fraction of sp³-hybridized carbons (Fsp3) is 0.227. The van der Waals surface area contributed by atoms with E-state index in [-0.39, 0.29) is 24.9 Å². The van der Waals surface area contributed by atoms with Gasteiger partial charge < -0.3 is 15.2 Å². The van der Waals surface area contributed by atoms with Gasteiger partial charge >= 0.3 is 0 Å². The minimum Gasteiger partial charge on any atom is -0.350 e. The van der Waals surface area contributed by atoms with E-state index in [2.05, 4.69) is 15.6 Å². The Bertz CT molecular complexity index is 1060. The summed E-state index contributed by atoms with van der Waals surface area (Å²) in [5.41, 5.74) is 3.64. The molecule has 0 saturated carbocycles. The summed E-state index contributed by atoms with van der Waals surface area (Å²) >= 11 is 0. The lowest BCUT2D eigenvalue weighted by molar-refractivity contribution is -0.120. The molecule has 0 spiro atoms. The number of imidazole rings is 1. The van der Waals surface area contributed by atoms with E-state index in [4.69, 9.17) is 0 Å². The first-order valence-electron chi connectivity index (χ1n) is 9.26. The van der Waals surface area contributed by atoms with E-state index in [1.54, 1.807) is 48.1 Å². The molecule has 1 aromatic heterocycles. The third kappa shape index (κ3) is 4.87. The summed E-state index contributed by atoms with van der Waals surface area (Å²) in [4.78, 5) is 28.3.